The number of esters is 1. The topological polar surface area (TPSA) is 79.2 Å². The molecule has 5 nitrogen and oxygen atoms in total. The molecule has 90 valence electrons. The lowest BCUT2D eigenvalue weighted by Gasteiger charge is -2.02. The molecule has 5 heteroatoms. The fourth-order valence-corrected chi connectivity index (χ4v) is 1.77. The first-order chi connectivity index (χ1) is 8.69. The number of benzene rings is 1. The average Bonchev–Trinajstić information content (AvgIpc) is 2.68. The Balaban J connectivity index is 2.58. The van der Waals surface area contributed by atoms with Crippen LogP contribution in [0.1, 0.15) is 12.5 Å². The number of nitriles is 1. The maximum atomic E-state index is 11.8. The van der Waals surface area contributed by atoms with Crippen LogP contribution < -0.4 is 5.32 Å². The summed E-state index contributed by atoms with van der Waals surface area (Å²) in [7, 11) is 0. The van der Waals surface area contributed by atoms with E-state index < -0.39 is 11.9 Å². The van der Waals surface area contributed by atoms with E-state index in [1.807, 2.05) is 0 Å². The van der Waals surface area contributed by atoms with Gasteiger partial charge in [-0.2, -0.15) is 5.26 Å². The van der Waals surface area contributed by atoms with Gasteiger partial charge < -0.3 is 10.1 Å². The molecule has 0 bridgehead atoms. The third-order valence-corrected chi connectivity index (χ3v) is 2.51. The van der Waals surface area contributed by atoms with Gasteiger partial charge in [-0.3, -0.25) is 4.79 Å². The van der Waals surface area contributed by atoms with E-state index in [0.29, 0.717) is 11.3 Å². The molecule has 0 aliphatic carbocycles. The molecule has 0 fully saturated rings. The summed E-state index contributed by atoms with van der Waals surface area (Å²) in [4.78, 5) is 23.4. The largest absolute Gasteiger partial charge is 0.462 e. The summed E-state index contributed by atoms with van der Waals surface area (Å²) in [5.41, 5.74) is 0.951. The fraction of sp³-hybridized carbons (Fsp3) is 0.154. The summed E-state index contributed by atoms with van der Waals surface area (Å²) in [6, 6.07) is 8.63. The predicted octanol–water partition coefficient (Wildman–Crippen LogP) is 1.48. The highest BCUT2D eigenvalue weighted by Crippen LogP contribution is 2.33. The SMILES string of the molecule is CCOC(=O)/C(C#N)=C1/C(=O)Nc2ccccc21. The first-order valence-electron chi connectivity index (χ1n) is 5.41. The molecule has 0 atom stereocenters. The number of fused-ring (bicyclic) bond motifs is 1. The number of nitrogens with zero attached hydrogens (tertiary/aromatic N) is 1. The van der Waals surface area contributed by atoms with Crippen LogP contribution in [0.4, 0.5) is 5.69 Å². The van der Waals surface area contributed by atoms with Crippen LogP contribution in [0.3, 0.4) is 0 Å². The van der Waals surface area contributed by atoms with Gasteiger partial charge in [0.2, 0.25) is 0 Å². The first-order valence-corrected chi connectivity index (χ1v) is 5.41. The number of ether oxygens (including phenoxy) is 1. The molecule has 1 aliphatic rings. The number of nitrogens with one attached hydrogen (secondary N) is 1. The van der Waals surface area contributed by atoms with Crippen LogP contribution in [0.2, 0.25) is 0 Å². The van der Waals surface area contributed by atoms with Crippen molar-refractivity contribution in [3.63, 3.8) is 0 Å². The predicted molar refractivity (Wildman–Crippen MR) is 64.2 cm³/mol. The van der Waals surface area contributed by atoms with Crippen molar-refractivity contribution >= 4 is 23.1 Å². The molecule has 0 saturated heterocycles. The summed E-state index contributed by atoms with van der Waals surface area (Å²) < 4.78 is 4.77. The highest BCUT2D eigenvalue weighted by molar-refractivity contribution is 6.35. The summed E-state index contributed by atoms with van der Waals surface area (Å²) in [6.07, 6.45) is 0. The van der Waals surface area contributed by atoms with Gasteiger partial charge in [-0.15, -0.1) is 0 Å². The molecule has 18 heavy (non-hydrogen) atoms. The van der Waals surface area contributed by atoms with Crippen LogP contribution >= 0.6 is 0 Å². The third-order valence-electron chi connectivity index (χ3n) is 2.51. The molecular formula is C13H10N2O3. The van der Waals surface area contributed by atoms with E-state index in [-0.39, 0.29) is 17.8 Å². The summed E-state index contributed by atoms with van der Waals surface area (Å²) in [6.45, 7) is 1.79. The molecule has 0 aromatic heterocycles. The Morgan fingerprint density at radius 2 is 2.17 bits per heavy atom. The Morgan fingerprint density at radius 3 is 2.83 bits per heavy atom. The highest BCUT2D eigenvalue weighted by Gasteiger charge is 2.30. The summed E-state index contributed by atoms with van der Waals surface area (Å²) in [5, 5.41) is 11.6. The van der Waals surface area contributed by atoms with Crippen LogP contribution in [-0.4, -0.2) is 18.5 Å². The average molecular weight is 242 g/mol. The van der Waals surface area contributed by atoms with Crippen molar-refractivity contribution in [2.45, 2.75) is 6.92 Å². The Morgan fingerprint density at radius 1 is 1.44 bits per heavy atom. The Labute approximate surface area is 104 Å². The number of rotatable bonds is 2. The second-order valence-electron chi connectivity index (χ2n) is 3.58. The summed E-state index contributed by atoms with van der Waals surface area (Å²) >= 11 is 0. The van der Waals surface area contributed by atoms with Gasteiger partial charge in [0.15, 0.2) is 5.57 Å². The molecule has 2 rings (SSSR count). The van der Waals surface area contributed by atoms with Crippen LogP contribution in [0.25, 0.3) is 5.57 Å². The maximum Gasteiger partial charge on any atom is 0.349 e. The zero-order chi connectivity index (χ0) is 13.1. The van der Waals surface area contributed by atoms with E-state index in [0.717, 1.165) is 0 Å². The zero-order valence-electron chi connectivity index (χ0n) is 9.69. The van der Waals surface area contributed by atoms with Crippen molar-refractivity contribution in [1.29, 1.82) is 5.26 Å². The number of para-hydroxylation sites is 1. The van der Waals surface area contributed by atoms with Crippen LogP contribution in [0, 0.1) is 11.3 Å². The number of amides is 1. The van der Waals surface area contributed by atoms with E-state index in [2.05, 4.69) is 5.32 Å². The van der Waals surface area contributed by atoms with E-state index in [4.69, 9.17) is 10.00 Å². The van der Waals surface area contributed by atoms with Gasteiger partial charge in [-0.25, -0.2) is 4.79 Å². The van der Waals surface area contributed by atoms with Gasteiger partial charge in [-0.1, -0.05) is 18.2 Å². The Kier molecular flexibility index (Phi) is 3.11. The number of hydrogen-bond acceptors (Lipinski definition) is 4. The smallest absolute Gasteiger partial charge is 0.349 e. The van der Waals surface area contributed by atoms with Gasteiger partial charge in [0.05, 0.1) is 12.2 Å². The minimum absolute atomic E-state index is 0.0755. The minimum Gasteiger partial charge on any atom is -0.462 e. The number of anilines is 1. The molecule has 0 radical (unpaired) electrons. The van der Waals surface area contributed by atoms with Crippen LogP contribution in [-0.2, 0) is 14.3 Å². The Bertz CT molecular complexity index is 596. The highest BCUT2D eigenvalue weighted by atomic mass is 16.5. The van der Waals surface area contributed by atoms with Crippen molar-refractivity contribution in [3.05, 3.63) is 35.4 Å². The van der Waals surface area contributed by atoms with Crippen molar-refractivity contribution in [3.8, 4) is 6.07 Å². The molecule has 1 aromatic rings. The lowest BCUT2D eigenvalue weighted by molar-refractivity contribution is -0.138. The fourth-order valence-electron chi connectivity index (χ4n) is 1.77. The third kappa shape index (κ3) is 1.84. The van der Waals surface area contributed by atoms with E-state index in [9.17, 15) is 9.59 Å². The molecule has 1 N–H and O–H groups in total. The van der Waals surface area contributed by atoms with Crippen molar-refractivity contribution < 1.29 is 14.3 Å². The summed E-state index contributed by atoms with van der Waals surface area (Å²) in [5.74, 6) is -1.23. The van der Waals surface area contributed by atoms with Crippen LogP contribution in [0.15, 0.2) is 29.8 Å². The number of carbonyl (C=O) groups is 2. The van der Waals surface area contributed by atoms with Gasteiger partial charge in [0.1, 0.15) is 6.07 Å². The molecule has 1 heterocycles. The number of carbonyl (C=O) groups excluding carboxylic acids is 2. The van der Waals surface area contributed by atoms with Gasteiger partial charge in [-0.05, 0) is 13.0 Å². The number of hydrogen-bond donors (Lipinski definition) is 1. The van der Waals surface area contributed by atoms with Gasteiger partial charge >= 0.3 is 5.97 Å². The van der Waals surface area contributed by atoms with Crippen molar-refractivity contribution in [2.24, 2.45) is 0 Å². The molecule has 1 aliphatic heterocycles. The van der Waals surface area contributed by atoms with Crippen molar-refractivity contribution in [2.75, 3.05) is 11.9 Å². The van der Waals surface area contributed by atoms with Crippen LogP contribution in [0.5, 0.6) is 0 Å². The van der Waals surface area contributed by atoms with Crippen molar-refractivity contribution in [1.82, 2.24) is 0 Å². The molecular weight excluding hydrogens is 232 g/mol. The lowest BCUT2D eigenvalue weighted by atomic mass is 10.0. The molecule has 1 amide bonds. The van der Waals surface area contributed by atoms with E-state index in [1.54, 1.807) is 37.3 Å². The van der Waals surface area contributed by atoms with E-state index in [1.165, 1.54) is 0 Å². The molecule has 0 unspecified atom stereocenters. The van der Waals surface area contributed by atoms with Gasteiger partial charge in [0, 0.05) is 11.3 Å². The minimum atomic E-state index is -0.776. The molecule has 1 aromatic carbocycles. The first kappa shape index (κ1) is 11.9. The normalized spacial score (nSPS) is 15.4. The molecule has 0 spiro atoms. The second-order valence-corrected chi connectivity index (χ2v) is 3.58. The monoisotopic (exact) mass is 242 g/mol. The standard InChI is InChI=1S/C13H10N2O3/c1-2-18-13(17)9(7-14)11-8-5-3-4-6-10(8)15-12(11)16/h3-6H,2H2,1H3,(H,15,16)/b11-9+. The Hall–Kier alpha value is -2.61. The van der Waals surface area contributed by atoms with Gasteiger partial charge in [0.25, 0.3) is 5.91 Å². The zero-order valence-corrected chi connectivity index (χ0v) is 9.69. The molecule has 0 saturated carbocycles. The lowest BCUT2D eigenvalue weighted by Crippen LogP contribution is -2.13. The second kappa shape index (κ2) is 4.72. The van der Waals surface area contributed by atoms with E-state index >= 15 is 0 Å². The maximum absolute atomic E-state index is 11.8. The quantitative estimate of drug-likeness (QED) is 0.484.